The normalized spacial score (nSPS) is 12.6. The monoisotopic (exact) mass is 290 g/mol. The quantitative estimate of drug-likeness (QED) is 0.838. The fourth-order valence-corrected chi connectivity index (χ4v) is 1.23. The van der Waals surface area contributed by atoms with Crippen LogP contribution in [0.15, 0.2) is 12.3 Å². The highest BCUT2D eigenvalue weighted by atomic mass is 35.5. The Labute approximate surface area is 104 Å². The summed E-state index contributed by atoms with van der Waals surface area (Å²) in [6.45, 7) is -2.38. The summed E-state index contributed by atoms with van der Waals surface area (Å²) in [6.07, 6.45) is -4.13. The second-order valence-electron chi connectivity index (χ2n) is 3.42. The van der Waals surface area contributed by atoms with Crippen LogP contribution in [-0.2, 0) is 6.18 Å². The minimum absolute atomic E-state index is 0.308. The minimum Gasteiger partial charge on any atom is -0.390 e. The molecule has 1 heterocycles. The first-order valence-corrected chi connectivity index (χ1v) is 4.99. The largest absolute Gasteiger partial charge is 0.417 e. The number of hydrogen-bond donors (Lipinski definition) is 2. The standard InChI is InChI=1S/C9H8ClF5N2O/c10-6-1-5(9(13,14)15)2-16-7(6)17-3-8(11,12)4-18/h1-2,18H,3-4H2,(H,16,17). The van der Waals surface area contributed by atoms with E-state index in [1.54, 1.807) is 0 Å². The SMILES string of the molecule is OCC(F)(F)CNc1ncc(C(F)(F)F)cc1Cl. The van der Waals surface area contributed by atoms with Crippen LogP contribution in [0.1, 0.15) is 5.56 Å². The van der Waals surface area contributed by atoms with Crippen LogP contribution in [0.25, 0.3) is 0 Å². The van der Waals surface area contributed by atoms with Gasteiger partial charge in [0.05, 0.1) is 17.1 Å². The van der Waals surface area contributed by atoms with Crippen LogP contribution in [0, 0.1) is 0 Å². The molecular weight excluding hydrogens is 283 g/mol. The Bertz CT molecular complexity index is 424. The number of nitrogens with one attached hydrogen (secondary N) is 1. The molecule has 1 rings (SSSR count). The molecule has 1 aromatic rings. The van der Waals surface area contributed by atoms with Crippen LogP contribution in [-0.4, -0.2) is 29.2 Å². The average Bonchev–Trinajstić information content (AvgIpc) is 2.26. The number of hydrogen-bond acceptors (Lipinski definition) is 3. The summed E-state index contributed by atoms with van der Waals surface area (Å²) in [5.41, 5.74) is -1.08. The van der Waals surface area contributed by atoms with Gasteiger partial charge in [0.15, 0.2) is 0 Å². The highest BCUT2D eigenvalue weighted by molar-refractivity contribution is 6.32. The first kappa shape index (κ1) is 14.9. The Kier molecular flexibility index (Phi) is 4.33. The first-order chi connectivity index (χ1) is 8.15. The molecule has 0 spiro atoms. The maximum atomic E-state index is 12.7. The van der Waals surface area contributed by atoms with Crippen molar-refractivity contribution in [1.82, 2.24) is 4.98 Å². The second-order valence-corrected chi connectivity index (χ2v) is 3.83. The van der Waals surface area contributed by atoms with Crippen LogP contribution in [0.5, 0.6) is 0 Å². The molecule has 0 saturated carbocycles. The number of alkyl halides is 5. The molecule has 0 fully saturated rings. The summed E-state index contributed by atoms with van der Waals surface area (Å²) in [4.78, 5) is 3.30. The van der Waals surface area contributed by atoms with Crippen molar-refractivity contribution in [3.05, 3.63) is 22.8 Å². The number of nitrogens with zero attached hydrogens (tertiary/aromatic N) is 1. The van der Waals surface area contributed by atoms with Crippen molar-refractivity contribution in [3.8, 4) is 0 Å². The molecule has 9 heteroatoms. The van der Waals surface area contributed by atoms with Crippen LogP contribution >= 0.6 is 11.6 Å². The van der Waals surface area contributed by atoms with E-state index in [4.69, 9.17) is 16.7 Å². The smallest absolute Gasteiger partial charge is 0.390 e. The fraction of sp³-hybridized carbons (Fsp3) is 0.444. The molecule has 0 bridgehead atoms. The molecule has 0 radical (unpaired) electrons. The number of aromatic nitrogens is 1. The third-order valence-electron chi connectivity index (χ3n) is 1.91. The lowest BCUT2D eigenvalue weighted by Gasteiger charge is -2.15. The molecule has 0 aliphatic rings. The molecule has 0 atom stereocenters. The van der Waals surface area contributed by atoms with E-state index in [9.17, 15) is 22.0 Å². The van der Waals surface area contributed by atoms with Gasteiger partial charge < -0.3 is 10.4 Å². The van der Waals surface area contributed by atoms with Gasteiger partial charge in [0.2, 0.25) is 0 Å². The average molecular weight is 291 g/mol. The van der Waals surface area contributed by atoms with Crippen LogP contribution in [0.2, 0.25) is 5.02 Å². The Morgan fingerprint density at radius 2 is 1.89 bits per heavy atom. The maximum Gasteiger partial charge on any atom is 0.417 e. The molecule has 0 amide bonds. The summed E-state index contributed by atoms with van der Waals surface area (Å²) in [5.74, 6) is -3.72. The minimum atomic E-state index is -4.61. The number of pyridine rings is 1. The van der Waals surface area contributed by atoms with Crippen LogP contribution in [0.3, 0.4) is 0 Å². The first-order valence-electron chi connectivity index (χ1n) is 4.61. The van der Waals surface area contributed by atoms with Gasteiger partial charge in [-0.05, 0) is 6.07 Å². The van der Waals surface area contributed by atoms with Crippen LogP contribution < -0.4 is 5.32 Å². The Morgan fingerprint density at radius 3 is 2.33 bits per heavy atom. The van der Waals surface area contributed by atoms with Crippen molar-refractivity contribution >= 4 is 17.4 Å². The molecule has 0 aliphatic carbocycles. The number of anilines is 1. The van der Waals surface area contributed by atoms with Gasteiger partial charge in [0.1, 0.15) is 12.4 Å². The lowest BCUT2D eigenvalue weighted by molar-refractivity contribution is -0.137. The highest BCUT2D eigenvalue weighted by Crippen LogP contribution is 2.32. The van der Waals surface area contributed by atoms with Crippen molar-refractivity contribution < 1.29 is 27.1 Å². The van der Waals surface area contributed by atoms with E-state index in [-0.39, 0.29) is 5.82 Å². The predicted octanol–water partition coefficient (Wildman–Crippen LogP) is 2.79. The van der Waals surface area contributed by atoms with Gasteiger partial charge in [-0.2, -0.15) is 13.2 Å². The van der Waals surface area contributed by atoms with E-state index in [1.807, 2.05) is 0 Å². The van der Waals surface area contributed by atoms with Gasteiger partial charge in [-0.25, -0.2) is 13.8 Å². The van der Waals surface area contributed by atoms with Gasteiger partial charge >= 0.3 is 6.18 Å². The molecule has 0 aromatic carbocycles. The summed E-state index contributed by atoms with van der Waals surface area (Å²) in [7, 11) is 0. The Morgan fingerprint density at radius 1 is 1.28 bits per heavy atom. The van der Waals surface area contributed by atoms with E-state index in [0.717, 1.165) is 0 Å². The van der Waals surface area contributed by atoms with Gasteiger partial charge in [-0.15, -0.1) is 0 Å². The van der Waals surface area contributed by atoms with Crippen molar-refractivity contribution in [2.75, 3.05) is 18.5 Å². The van der Waals surface area contributed by atoms with Gasteiger partial charge in [0, 0.05) is 6.20 Å². The van der Waals surface area contributed by atoms with Gasteiger partial charge in [0.25, 0.3) is 5.92 Å². The van der Waals surface area contributed by atoms with Crippen molar-refractivity contribution in [2.45, 2.75) is 12.1 Å². The third-order valence-corrected chi connectivity index (χ3v) is 2.20. The van der Waals surface area contributed by atoms with E-state index in [0.29, 0.717) is 12.3 Å². The zero-order valence-electron chi connectivity index (χ0n) is 8.73. The third kappa shape index (κ3) is 3.95. The fourth-order valence-electron chi connectivity index (χ4n) is 0.992. The zero-order valence-corrected chi connectivity index (χ0v) is 9.49. The van der Waals surface area contributed by atoms with E-state index in [1.165, 1.54) is 0 Å². The Hall–Kier alpha value is -1.15. The molecule has 102 valence electrons. The van der Waals surface area contributed by atoms with Gasteiger partial charge in [-0.3, -0.25) is 0 Å². The summed E-state index contributed by atoms with van der Waals surface area (Å²) >= 11 is 5.48. The molecule has 18 heavy (non-hydrogen) atoms. The van der Waals surface area contributed by atoms with Gasteiger partial charge in [-0.1, -0.05) is 11.6 Å². The number of rotatable bonds is 4. The second kappa shape index (κ2) is 5.23. The van der Waals surface area contributed by atoms with Crippen LogP contribution in [0.4, 0.5) is 27.8 Å². The zero-order chi connectivity index (χ0) is 14.0. The predicted molar refractivity (Wildman–Crippen MR) is 54.8 cm³/mol. The van der Waals surface area contributed by atoms with Crippen molar-refractivity contribution in [3.63, 3.8) is 0 Å². The number of halogens is 6. The molecule has 0 aliphatic heterocycles. The topological polar surface area (TPSA) is 45.1 Å². The molecule has 0 saturated heterocycles. The molecule has 2 N–H and O–H groups in total. The lowest BCUT2D eigenvalue weighted by atomic mass is 10.2. The van der Waals surface area contributed by atoms with Crippen molar-refractivity contribution in [2.24, 2.45) is 0 Å². The Balaban J connectivity index is 2.81. The highest BCUT2D eigenvalue weighted by Gasteiger charge is 2.32. The van der Waals surface area contributed by atoms with E-state index >= 15 is 0 Å². The number of aliphatic hydroxyl groups is 1. The summed E-state index contributed by atoms with van der Waals surface area (Å²) in [6, 6.07) is 0.577. The molecule has 0 unspecified atom stereocenters. The van der Waals surface area contributed by atoms with E-state index in [2.05, 4.69) is 10.3 Å². The molecular formula is C9H8ClF5N2O. The molecule has 1 aromatic heterocycles. The summed E-state index contributed by atoms with van der Waals surface area (Å²) in [5, 5.41) is 9.93. The maximum absolute atomic E-state index is 12.7. The van der Waals surface area contributed by atoms with Crippen molar-refractivity contribution in [1.29, 1.82) is 0 Å². The molecule has 3 nitrogen and oxygen atoms in total. The number of aliphatic hydroxyl groups excluding tert-OH is 1. The summed E-state index contributed by atoms with van der Waals surface area (Å²) < 4.78 is 62.1. The lowest BCUT2D eigenvalue weighted by Crippen LogP contribution is -2.31. The van der Waals surface area contributed by atoms with E-state index < -0.39 is 35.8 Å².